The van der Waals surface area contributed by atoms with Gasteiger partial charge in [0.15, 0.2) is 11.9 Å². The summed E-state index contributed by atoms with van der Waals surface area (Å²) in [7, 11) is 0. The summed E-state index contributed by atoms with van der Waals surface area (Å²) in [5, 5.41) is 0.827. The molecule has 0 saturated carbocycles. The van der Waals surface area contributed by atoms with Crippen molar-refractivity contribution in [3.05, 3.63) is 102 Å². The summed E-state index contributed by atoms with van der Waals surface area (Å²) < 4.78 is 0. The molecule has 6 heteroatoms. The first-order valence-corrected chi connectivity index (χ1v) is 10.0. The first-order chi connectivity index (χ1) is 15.1. The Morgan fingerprint density at radius 1 is 0.968 bits per heavy atom. The van der Waals surface area contributed by atoms with Crippen molar-refractivity contribution >= 4 is 34.0 Å². The lowest BCUT2D eigenvalue weighted by molar-refractivity contribution is -0.119. The van der Waals surface area contributed by atoms with Crippen LogP contribution in [0, 0.1) is 0 Å². The normalized spacial score (nSPS) is 16.0. The molecule has 1 aliphatic rings. The number of carbonyl (C=O) groups is 2. The number of amides is 1. The molecule has 0 aliphatic carbocycles. The zero-order valence-corrected chi connectivity index (χ0v) is 16.7. The van der Waals surface area contributed by atoms with Crippen LogP contribution < -0.4 is 10.6 Å². The molecule has 5 rings (SSSR count). The molecule has 1 atom stereocenters. The van der Waals surface area contributed by atoms with Gasteiger partial charge >= 0.3 is 0 Å². The lowest BCUT2D eigenvalue weighted by atomic mass is 10.00. The average Bonchev–Trinajstić information content (AvgIpc) is 3.21. The maximum absolute atomic E-state index is 13.2. The molecule has 0 fully saturated rings. The molecule has 3 aromatic carbocycles. The summed E-state index contributed by atoms with van der Waals surface area (Å²) in [5.41, 5.74) is 10.5. The predicted octanol–water partition coefficient (Wildman–Crippen LogP) is 3.52. The molecule has 1 unspecified atom stereocenters. The van der Waals surface area contributed by atoms with Crippen molar-refractivity contribution < 1.29 is 9.59 Å². The van der Waals surface area contributed by atoms with E-state index >= 15 is 0 Å². The summed E-state index contributed by atoms with van der Waals surface area (Å²) >= 11 is 0. The van der Waals surface area contributed by atoms with E-state index in [1.165, 1.54) is 4.90 Å². The Kier molecular flexibility index (Phi) is 4.69. The van der Waals surface area contributed by atoms with Gasteiger partial charge in [-0.1, -0.05) is 66.7 Å². The van der Waals surface area contributed by atoms with Crippen molar-refractivity contribution in [1.82, 2.24) is 4.98 Å². The number of H-pyrrole nitrogens is 1. The minimum absolute atomic E-state index is 0.122. The first kappa shape index (κ1) is 19.0. The van der Waals surface area contributed by atoms with Gasteiger partial charge in [-0.05, 0) is 12.1 Å². The minimum Gasteiger partial charge on any atom is -0.360 e. The fraction of sp³-hybridized carbons (Fsp3) is 0.0800. The van der Waals surface area contributed by atoms with Crippen molar-refractivity contribution in [3.63, 3.8) is 0 Å². The van der Waals surface area contributed by atoms with Crippen LogP contribution in [0.15, 0.2) is 90.1 Å². The molecular formula is C25H20N4O2. The number of nitrogens with two attached hydrogens (primary N) is 1. The van der Waals surface area contributed by atoms with Crippen LogP contribution in [0.3, 0.4) is 0 Å². The number of carbonyl (C=O) groups excluding carboxylic acids is 2. The second-order valence-electron chi connectivity index (χ2n) is 7.40. The van der Waals surface area contributed by atoms with Gasteiger partial charge in [-0.2, -0.15) is 0 Å². The van der Waals surface area contributed by atoms with E-state index in [0.29, 0.717) is 17.0 Å². The van der Waals surface area contributed by atoms with Crippen LogP contribution in [-0.4, -0.2) is 35.1 Å². The lowest BCUT2D eigenvalue weighted by Gasteiger charge is -2.23. The zero-order chi connectivity index (χ0) is 21.4. The number of nitrogens with zero attached hydrogens (tertiary/aromatic N) is 2. The number of ketones is 1. The van der Waals surface area contributed by atoms with Gasteiger partial charge in [-0.25, -0.2) is 0 Å². The van der Waals surface area contributed by atoms with Crippen molar-refractivity contribution in [2.45, 2.75) is 6.17 Å². The Labute approximate surface area is 179 Å². The number of para-hydroxylation sites is 2. The number of benzene rings is 3. The molecule has 31 heavy (non-hydrogen) atoms. The van der Waals surface area contributed by atoms with Crippen LogP contribution in [0.25, 0.3) is 10.9 Å². The number of fused-ring (bicyclic) bond motifs is 2. The molecule has 0 radical (unpaired) electrons. The molecule has 1 amide bonds. The number of aliphatic imine (C=N–C) groups is 1. The third-order valence-corrected chi connectivity index (χ3v) is 5.48. The molecule has 4 aromatic rings. The Hall–Kier alpha value is -4.03. The maximum Gasteiger partial charge on any atom is 0.266 e. The van der Waals surface area contributed by atoms with Crippen LogP contribution >= 0.6 is 0 Å². The first-order valence-electron chi connectivity index (χ1n) is 10.0. The summed E-state index contributed by atoms with van der Waals surface area (Å²) in [6.45, 7) is -0.122. The number of aromatic amines is 1. The number of nitrogens with one attached hydrogen (secondary N) is 1. The molecule has 152 valence electrons. The third kappa shape index (κ3) is 3.33. The van der Waals surface area contributed by atoms with E-state index in [-0.39, 0.29) is 12.3 Å². The molecular weight excluding hydrogens is 388 g/mol. The second kappa shape index (κ2) is 7.66. The predicted molar refractivity (Wildman–Crippen MR) is 121 cm³/mol. The summed E-state index contributed by atoms with van der Waals surface area (Å²) in [4.78, 5) is 35.5. The van der Waals surface area contributed by atoms with Crippen LogP contribution in [-0.2, 0) is 4.79 Å². The van der Waals surface area contributed by atoms with E-state index in [1.54, 1.807) is 6.20 Å². The van der Waals surface area contributed by atoms with Gasteiger partial charge in [-0.15, -0.1) is 0 Å². The van der Waals surface area contributed by atoms with E-state index in [1.807, 2.05) is 78.9 Å². The number of hydrogen-bond donors (Lipinski definition) is 2. The van der Waals surface area contributed by atoms with Gasteiger partial charge in [0, 0.05) is 33.8 Å². The monoisotopic (exact) mass is 408 g/mol. The smallest absolute Gasteiger partial charge is 0.266 e. The van der Waals surface area contributed by atoms with Gasteiger partial charge < -0.3 is 15.6 Å². The number of Topliss-reactive ketones (excluding diaryl/α,β-unsaturated/α-hetero) is 1. The Bertz CT molecular complexity index is 1320. The molecule has 6 nitrogen and oxygen atoms in total. The van der Waals surface area contributed by atoms with Crippen LogP contribution in [0.4, 0.5) is 5.69 Å². The summed E-state index contributed by atoms with van der Waals surface area (Å²) in [6.07, 6.45) is 0.589. The van der Waals surface area contributed by atoms with Crippen molar-refractivity contribution in [1.29, 1.82) is 0 Å². The van der Waals surface area contributed by atoms with E-state index in [4.69, 9.17) is 5.73 Å². The van der Waals surface area contributed by atoms with Gasteiger partial charge in [0.25, 0.3) is 5.91 Å². The van der Waals surface area contributed by atoms with Crippen molar-refractivity contribution in [3.8, 4) is 0 Å². The second-order valence-corrected chi connectivity index (χ2v) is 7.40. The summed E-state index contributed by atoms with van der Waals surface area (Å²) in [6, 6.07) is 24.7. The topological polar surface area (TPSA) is 91.5 Å². The molecule has 1 aliphatic heterocycles. The quantitative estimate of drug-likeness (QED) is 0.506. The fourth-order valence-corrected chi connectivity index (χ4v) is 3.97. The van der Waals surface area contributed by atoms with Gasteiger partial charge in [0.2, 0.25) is 0 Å². The fourth-order valence-electron chi connectivity index (χ4n) is 3.97. The lowest BCUT2D eigenvalue weighted by Crippen LogP contribution is -2.44. The van der Waals surface area contributed by atoms with Crippen LogP contribution in [0.5, 0.6) is 0 Å². The minimum atomic E-state index is -1.10. The number of hydrogen-bond acceptors (Lipinski definition) is 4. The number of rotatable bonds is 4. The Morgan fingerprint density at radius 2 is 1.68 bits per heavy atom. The van der Waals surface area contributed by atoms with Crippen LogP contribution in [0.2, 0.25) is 0 Å². The Balaban J connectivity index is 1.57. The molecule has 1 aromatic heterocycles. The highest BCUT2D eigenvalue weighted by Crippen LogP contribution is 2.28. The highest BCUT2D eigenvalue weighted by atomic mass is 16.2. The number of aromatic nitrogens is 1. The highest BCUT2D eigenvalue weighted by Gasteiger charge is 2.31. The van der Waals surface area contributed by atoms with Gasteiger partial charge in [-0.3, -0.25) is 14.6 Å². The van der Waals surface area contributed by atoms with E-state index in [9.17, 15) is 9.59 Å². The zero-order valence-electron chi connectivity index (χ0n) is 16.7. The van der Waals surface area contributed by atoms with Gasteiger partial charge in [0.1, 0.15) is 0 Å². The van der Waals surface area contributed by atoms with E-state index < -0.39 is 12.1 Å². The third-order valence-electron chi connectivity index (χ3n) is 5.48. The molecule has 0 bridgehead atoms. The van der Waals surface area contributed by atoms with E-state index in [2.05, 4.69) is 9.98 Å². The van der Waals surface area contributed by atoms with Crippen LogP contribution in [0.1, 0.15) is 21.5 Å². The van der Waals surface area contributed by atoms with E-state index in [0.717, 1.165) is 22.0 Å². The standard InChI is InChI=1S/C25H20N4O2/c26-24-25(31)29(15-22(30)19-14-27-20-12-6-4-10-17(19)20)21-13-7-5-11-18(21)23(28-24)16-8-2-1-3-9-16/h1-14,24,27H,15,26H2. The van der Waals surface area contributed by atoms with Crippen molar-refractivity contribution in [2.24, 2.45) is 10.7 Å². The Morgan fingerprint density at radius 3 is 2.52 bits per heavy atom. The number of anilines is 1. The molecule has 3 N–H and O–H groups in total. The maximum atomic E-state index is 13.2. The molecule has 0 spiro atoms. The summed E-state index contributed by atoms with van der Waals surface area (Å²) in [5.74, 6) is -0.581. The van der Waals surface area contributed by atoms with Crippen molar-refractivity contribution in [2.75, 3.05) is 11.4 Å². The largest absolute Gasteiger partial charge is 0.360 e. The molecule has 0 saturated heterocycles. The SMILES string of the molecule is NC1N=C(c2ccccc2)c2ccccc2N(CC(=O)c2c[nH]c3ccccc23)C1=O. The highest BCUT2D eigenvalue weighted by molar-refractivity contribution is 6.21. The van der Waals surface area contributed by atoms with Gasteiger partial charge in [0.05, 0.1) is 17.9 Å². The average molecular weight is 408 g/mol. The molecule has 2 heterocycles. The number of benzodiazepines with no additional fused rings is 1.